The molecule has 3 atom stereocenters. The fraction of sp³-hybridized carbons (Fsp3) is 1.00. The Labute approximate surface area is 76.5 Å². The highest BCUT2D eigenvalue weighted by molar-refractivity contribution is 4.97. The molecule has 0 radical (unpaired) electrons. The van der Waals surface area contributed by atoms with Gasteiger partial charge in [-0.3, -0.25) is 0 Å². The van der Waals surface area contributed by atoms with Gasteiger partial charge in [-0.15, -0.1) is 0 Å². The van der Waals surface area contributed by atoms with Crippen molar-refractivity contribution in [3.63, 3.8) is 0 Å². The van der Waals surface area contributed by atoms with E-state index in [0.29, 0.717) is 12.3 Å². The number of alkyl halides is 3. The lowest BCUT2D eigenvalue weighted by atomic mass is 9.71. The van der Waals surface area contributed by atoms with Crippen LogP contribution < -0.4 is 5.73 Å². The lowest BCUT2D eigenvalue weighted by molar-refractivity contribution is -0.200. The van der Waals surface area contributed by atoms with Crippen molar-refractivity contribution < 1.29 is 13.2 Å². The van der Waals surface area contributed by atoms with E-state index in [0.717, 1.165) is 0 Å². The topological polar surface area (TPSA) is 26.0 Å². The highest BCUT2D eigenvalue weighted by Gasteiger charge is 2.53. The van der Waals surface area contributed by atoms with Crippen LogP contribution in [0.3, 0.4) is 0 Å². The van der Waals surface area contributed by atoms with Gasteiger partial charge in [-0.05, 0) is 31.1 Å². The van der Waals surface area contributed by atoms with Crippen molar-refractivity contribution in [3.8, 4) is 0 Å². The van der Waals surface area contributed by atoms with E-state index < -0.39 is 11.7 Å². The van der Waals surface area contributed by atoms with Crippen LogP contribution in [0.15, 0.2) is 0 Å². The first-order chi connectivity index (χ1) is 5.76. The first kappa shape index (κ1) is 10.8. The standard InChI is InChI=1S/C9H16F3N/c1-6-3-4-8(13,5-7(6)2)9(10,11)12/h6-7H,3-5,13H2,1-2H3. The zero-order valence-electron chi connectivity index (χ0n) is 7.99. The molecule has 0 bridgehead atoms. The summed E-state index contributed by atoms with van der Waals surface area (Å²) in [6.07, 6.45) is -3.53. The van der Waals surface area contributed by atoms with E-state index in [4.69, 9.17) is 5.73 Å². The smallest absolute Gasteiger partial charge is 0.318 e. The number of hydrogen-bond acceptors (Lipinski definition) is 1. The van der Waals surface area contributed by atoms with Crippen LogP contribution in [0.4, 0.5) is 13.2 Å². The third-order valence-electron chi connectivity index (χ3n) is 3.27. The van der Waals surface area contributed by atoms with Crippen LogP contribution in [0.2, 0.25) is 0 Å². The van der Waals surface area contributed by atoms with Gasteiger partial charge in [-0.1, -0.05) is 13.8 Å². The molecule has 0 aliphatic heterocycles. The first-order valence-electron chi connectivity index (χ1n) is 4.62. The highest BCUT2D eigenvalue weighted by atomic mass is 19.4. The Kier molecular flexibility index (Phi) is 2.63. The van der Waals surface area contributed by atoms with Crippen molar-refractivity contribution in [1.29, 1.82) is 0 Å². The van der Waals surface area contributed by atoms with Crippen LogP contribution in [0.5, 0.6) is 0 Å². The molecule has 1 rings (SSSR count). The molecule has 0 aromatic carbocycles. The fourth-order valence-corrected chi connectivity index (χ4v) is 1.91. The molecule has 0 aromatic heterocycles. The predicted molar refractivity (Wildman–Crippen MR) is 45.2 cm³/mol. The average molecular weight is 195 g/mol. The maximum atomic E-state index is 12.5. The largest absolute Gasteiger partial charge is 0.406 e. The van der Waals surface area contributed by atoms with Crippen LogP contribution in [-0.4, -0.2) is 11.7 Å². The molecule has 4 heteroatoms. The molecule has 1 saturated carbocycles. The van der Waals surface area contributed by atoms with Gasteiger partial charge in [0.25, 0.3) is 0 Å². The second kappa shape index (κ2) is 3.15. The van der Waals surface area contributed by atoms with Gasteiger partial charge in [0.2, 0.25) is 0 Å². The normalized spacial score (nSPS) is 42.0. The number of hydrogen-bond donors (Lipinski definition) is 1. The van der Waals surface area contributed by atoms with Gasteiger partial charge in [0.05, 0.1) is 0 Å². The molecular formula is C9H16F3N. The number of halogens is 3. The molecule has 0 spiro atoms. The molecule has 1 nitrogen and oxygen atoms in total. The Bertz CT molecular complexity index is 190. The maximum absolute atomic E-state index is 12.5. The summed E-state index contributed by atoms with van der Waals surface area (Å²) in [4.78, 5) is 0. The Hall–Kier alpha value is -0.250. The van der Waals surface area contributed by atoms with E-state index >= 15 is 0 Å². The monoisotopic (exact) mass is 195 g/mol. The summed E-state index contributed by atoms with van der Waals surface area (Å²) in [5, 5.41) is 0. The third-order valence-corrected chi connectivity index (χ3v) is 3.27. The molecule has 2 N–H and O–H groups in total. The number of rotatable bonds is 0. The minimum Gasteiger partial charge on any atom is -0.318 e. The van der Waals surface area contributed by atoms with E-state index in [1.54, 1.807) is 0 Å². The SMILES string of the molecule is CC1CCC(N)(C(F)(F)F)CC1C. The zero-order chi connectivity index (χ0) is 10.3. The summed E-state index contributed by atoms with van der Waals surface area (Å²) in [5.41, 5.74) is 3.43. The van der Waals surface area contributed by atoms with Crippen LogP contribution in [0.1, 0.15) is 33.1 Å². The Morgan fingerprint density at radius 1 is 1.23 bits per heavy atom. The molecule has 1 aliphatic carbocycles. The third kappa shape index (κ3) is 1.98. The number of nitrogens with two attached hydrogens (primary N) is 1. The van der Waals surface area contributed by atoms with Crippen molar-refractivity contribution in [2.24, 2.45) is 17.6 Å². The van der Waals surface area contributed by atoms with E-state index in [1.807, 2.05) is 13.8 Å². The van der Waals surface area contributed by atoms with Crippen molar-refractivity contribution >= 4 is 0 Å². The van der Waals surface area contributed by atoms with Gasteiger partial charge in [0, 0.05) is 0 Å². The minimum atomic E-state index is -4.25. The summed E-state index contributed by atoms with van der Waals surface area (Å²) < 4.78 is 37.5. The van der Waals surface area contributed by atoms with E-state index in [-0.39, 0.29) is 18.8 Å². The summed E-state index contributed by atoms with van der Waals surface area (Å²) in [5.74, 6) is 0.430. The van der Waals surface area contributed by atoms with Gasteiger partial charge < -0.3 is 5.73 Å². The van der Waals surface area contributed by atoms with Crippen molar-refractivity contribution in [2.75, 3.05) is 0 Å². The van der Waals surface area contributed by atoms with Crippen molar-refractivity contribution in [2.45, 2.75) is 44.8 Å². The Morgan fingerprint density at radius 2 is 1.77 bits per heavy atom. The van der Waals surface area contributed by atoms with E-state index in [2.05, 4.69) is 0 Å². The maximum Gasteiger partial charge on any atom is 0.406 e. The molecule has 0 saturated heterocycles. The van der Waals surface area contributed by atoms with Gasteiger partial charge >= 0.3 is 6.18 Å². The molecule has 0 heterocycles. The van der Waals surface area contributed by atoms with Crippen LogP contribution in [0, 0.1) is 11.8 Å². The lowest BCUT2D eigenvalue weighted by Crippen LogP contribution is -2.56. The van der Waals surface area contributed by atoms with Crippen LogP contribution >= 0.6 is 0 Å². The molecule has 1 fully saturated rings. The highest BCUT2D eigenvalue weighted by Crippen LogP contribution is 2.43. The van der Waals surface area contributed by atoms with E-state index in [1.165, 1.54) is 0 Å². The average Bonchev–Trinajstić information content (AvgIpc) is 1.95. The van der Waals surface area contributed by atoms with Gasteiger partial charge in [-0.2, -0.15) is 13.2 Å². The minimum absolute atomic E-state index is 0.0671. The van der Waals surface area contributed by atoms with Crippen LogP contribution in [0.25, 0.3) is 0 Å². The molecule has 13 heavy (non-hydrogen) atoms. The molecule has 78 valence electrons. The Balaban J connectivity index is 2.73. The second-order valence-corrected chi connectivity index (χ2v) is 4.35. The van der Waals surface area contributed by atoms with Gasteiger partial charge in [0.1, 0.15) is 5.54 Å². The summed E-state index contributed by atoms with van der Waals surface area (Å²) in [7, 11) is 0. The Morgan fingerprint density at radius 3 is 2.15 bits per heavy atom. The molecule has 1 aliphatic rings. The molecular weight excluding hydrogens is 179 g/mol. The van der Waals surface area contributed by atoms with Crippen molar-refractivity contribution in [3.05, 3.63) is 0 Å². The zero-order valence-corrected chi connectivity index (χ0v) is 7.99. The van der Waals surface area contributed by atoms with Crippen molar-refractivity contribution in [1.82, 2.24) is 0 Å². The fourth-order valence-electron chi connectivity index (χ4n) is 1.91. The molecule has 0 amide bonds. The van der Waals surface area contributed by atoms with Crippen LogP contribution in [-0.2, 0) is 0 Å². The van der Waals surface area contributed by atoms with Gasteiger partial charge in [0.15, 0.2) is 0 Å². The summed E-state index contributed by atoms with van der Waals surface area (Å²) >= 11 is 0. The predicted octanol–water partition coefficient (Wildman–Crippen LogP) is 2.70. The van der Waals surface area contributed by atoms with E-state index in [9.17, 15) is 13.2 Å². The quantitative estimate of drug-likeness (QED) is 0.632. The lowest BCUT2D eigenvalue weighted by Gasteiger charge is -2.41. The second-order valence-electron chi connectivity index (χ2n) is 4.35. The molecule has 0 aromatic rings. The summed E-state index contributed by atoms with van der Waals surface area (Å²) in [6, 6.07) is 0. The first-order valence-corrected chi connectivity index (χ1v) is 4.62. The van der Waals surface area contributed by atoms with Gasteiger partial charge in [-0.25, -0.2) is 0 Å². The molecule has 3 unspecified atom stereocenters. The summed E-state index contributed by atoms with van der Waals surface area (Å²) in [6.45, 7) is 3.83.